The summed E-state index contributed by atoms with van der Waals surface area (Å²) in [5.41, 5.74) is 11.0. The van der Waals surface area contributed by atoms with E-state index in [0.717, 1.165) is 159 Å². The number of rotatable bonds is 13. The predicted octanol–water partition coefficient (Wildman–Crippen LogP) is 7.02. The highest BCUT2D eigenvalue weighted by Gasteiger charge is 2.67. The summed E-state index contributed by atoms with van der Waals surface area (Å²) in [5.74, 6) is -0.259. The van der Waals surface area contributed by atoms with E-state index in [2.05, 4.69) is 87.5 Å². The summed E-state index contributed by atoms with van der Waals surface area (Å²) in [6.07, 6.45) is 12.3. The molecule has 6 saturated heterocycles. The largest absolute Gasteiger partial charge is 0.593 e. The van der Waals surface area contributed by atoms with Crippen molar-refractivity contribution in [2.75, 3.05) is 85.8 Å². The van der Waals surface area contributed by atoms with Gasteiger partial charge in [0.2, 0.25) is 11.8 Å². The van der Waals surface area contributed by atoms with Crippen LogP contribution in [0.5, 0.6) is 0 Å². The van der Waals surface area contributed by atoms with Crippen molar-refractivity contribution < 1.29 is 37.9 Å². The van der Waals surface area contributed by atoms with E-state index in [1.807, 2.05) is 40.4 Å². The zero-order valence-corrected chi connectivity index (χ0v) is 54.6. The van der Waals surface area contributed by atoms with E-state index in [9.17, 15) is 14.1 Å². The molecule has 2 N–H and O–H groups in total. The molecule has 2 aliphatic carbocycles. The summed E-state index contributed by atoms with van der Waals surface area (Å²) in [4.78, 5) is 80.5. The highest BCUT2D eigenvalue weighted by Crippen LogP contribution is 2.52. The number of morpholine rings is 1. The quantitative estimate of drug-likeness (QED) is 0.0789. The van der Waals surface area contributed by atoms with Gasteiger partial charge >= 0.3 is 5.97 Å². The Hall–Kier alpha value is -5.07. The molecule has 19 nitrogen and oxygen atoms in total. The van der Waals surface area contributed by atoms with Crippen molar-refractivity contribution in [3.63, 3.8) is 0 Å². The van der Waals surface area contributed by atoms with Crippen LogP contribution in [0, 0.1) is 29.6 Å². The molecule has 3 amide bonds. The lowest BCUT2D eigenvalue weighted by molar-refractivity contribution is -0.155. The summed E-state index contributed by atoms with van der Waals surface area (Å²) in [7, 11) is 1.75. The fraction of sp³-hybridized carbons (Fsp3) is 0.647. The number of aryl methyl sites for hydroxylation is 2. The molecular formula is C68H91N11O8S2. The van der Waals surface area contributed by atoms with Gasteiger partial charge in [0, 0.05) is 129 Å². The number of fused-ring (bicyclic) bond motifs is 7. The Labute approximate surface area is 531 Å². The van der Waals surface area contributed by atoms with Gasteiger partial charge < -0.3 is 33.5 Å². The average molecular weight is 1250 g/mol. The van der Waals surface area contributed by atoms with E-state index < -0.39 is 40.9 Å². The van der Waals surface area contributed by atoms with Crippen LogP contribution >= 0.6 is 11.3 Å². The van der Waals surface area contributed by atoms with Gasteiger partial charge in [-0.15, -0.1) is 15.6 Å². The van der Waals surface area contributed by atoms with Crippen LogP contribution in [0.15, 0.2) is 63.4 Å². The fourth-order valence-corrected chi connectivity index (χ4v) is 18.9. The number of piperazine rings is 1. The molecular weight excluding hydrogens is 1160 g/mol. The Bertz CT molecular complexity index is 3390. The maximum atomic E-state index is 15.5. The highest BCUT2D eigenvalue weighted by atomic mass is 32.2. The SMILES string of the molecule is CCn1c(C2=C([C@H](C)OC)N=CC(N3CCN4CCOC[C@@H]4C3)C2)c2c3cc(ccc31)-c1csc(n1)C[C@H](NC(=O)[C@H](C1CCCC1)N1CC[C@]3(CCN(C(=O)[C@H]4[C@@H](C5CC5)N4[S@+]([O-])c4ccc(C)cc4)C3)C1)C(=O)N1CCC[C@H](N1)C(=O)OCC(C)(C)C2. The van der Waals surface area contributed by atoms with Crippen LogP contribution in [0.1, 0.15) is 120 Å². The number of esters is 1. The number of ether oxygens (including phenoxy) is 3. The average Bonchev–Trinajstić information content (AvgIpc) is 1.60. The minimum Gasteiger partial charge on any atom is -0.593 e. The van der Waals surface area contributed by atoms with Crippen LogP contribution in [0.4, 0.5) is 0 Å². The Morgan fingerprint density at radius 1 is 0.955 bits per heavy atom. The maximum Gasteiger partial charge on any atom is 0.324 e. The second-order valence-electron chi connectivity index (χ2n) is 28.4. The third-order valence-corrected chi connectivity index (χ3v) is 24.1. The molecule has 10 heterocycles. The number of nitrogens with one attached hydrogen (secondary N) is 2. The minimum absolute atomic E-state index is 0.00902. The van der Waals surface area contributed by atoms with Crippen LogP contribution in [0.25, 0.3) is 27.7 Å². The third kappa shape index (κ3) is 12.2. The highest BCUT2D eigenvalue weighted by molar-refractivity contribution is 7.89. The Morgan fingerprint density at radius 2 is 1.75 bits per heavy atom. The lowest BCUT2D eigenvalue weighted by atomic mass is 9.83. The van der Waals surface area contributed by atoms with Crippen molar-refractivity contribution in [2.24, 2.45) is 27.7 Å². The van der Waals surface area contributed by atoms with E-state index in [1.165, 1.54) is 22.5 Å². The van der Waals surface area contributed by atoms with Gasteiger partial charge in [-0.25, -0.2) is 10.4 Å². The molecule has 4 aromatic rings. The predicted molar refractivity (Wildman–Crippen MR) is 344 cm³/mol. The molecule has 0 radical (unpaired) electrons. The van der Waals surface area contributed by atoms with E-state index in [4.69, 9.17) is 24.2 Å². The first-order chi connectivity index (χ1) is 43.1. The van der Waals surface area contributed by atoms with Crippen LogP contribution in [-0.4, -0.2) is 207 Å². The lowest BCUT2D eigenvalue weighted by Crippen LogP contribution is -2.62. The Morgan fingerprint density at radius 3 is 2.54 bits per heavy atom. The molecule has 21 heteroatoms. The number of hydrogen-bond donors (Lipinski definition) is 2. The number of amides is 3. The number of aromatic nitrogens is 2. The minimum atomic E-state index is -1.41. The van der Waals surface area contributed by atoms with Crippen LogP contribution in [0.3, 0.4) is 0 Å². The van der Waals surface area contributed by atoms with Gasteiger partial charge in [-0.1, -0.05) is 50.5 Å². The molecule has 2 saturated carbocycles. The number of carbonyl (C=O) groups excluding carboxylic acids is 4. The van der Waals surface area contributed by atoms with E-state index in [0.29, 0.717) is 57.4 Å². The molecule has 89 heavy (non-hydrogen) atoms. The van der Waals surface area contributed by atoms with Gasteiger partial charge in [-0.2, -0.15) is 0 Å². The molecule has 1 spiro atoms. The molecule has 14 rings (SSSR count). The second-order valence-corrected chi connectivity index (χ2v) is 30.8. The van der Waals surface area contributed by atoms with Crippen molar-refractivity contribution >= 4 is 69.1 Å². The molecule has 478 valence electrons. The van der Waals surface area contributed by atoms with Gasteiger partial charge in [-0.3, -0.25) is 43.9 Å². The summed E-state index contributed by atoms with van der Waals surface area (Å²) < 4.78 is 36.8. The first-order valence-corrected chi connectivity index (χ1v) is 35.4. The Balaban J connectivity index is 0.745. The molecule has 6 bridgehead atoms. The van der Waals surface area contributed by atoms with Gasteiger partial charge in [0.15, 0.2) is 10.9 Å². The number of benzene rings is 2. The van der Waals surface area contributed by atoms with Gasteiger partial charge in [0.25, 0.3) is 5.91 Å². The second kappa shape index (κ2) is 25.1. The molecule has 11 atom stereocenters. The van der Waals surface area contributed by atoms with Gasteiger partial charge in [-0.05, 0) is 133 Å². The first-order valence-electron chi connectivity index (χ1n) is 33.4. The summed E-state index contributed by atoms with van der Waals surface area (Å²) in [5, 5.41) is 8.83. The zero-order chi connectivity index (χ0) is 61.5. The number of thiazole rings is 1. The topological polar surface area (TPSA) is 192 Å². The van der Waals surface area contributed by atoms with E-state index in [-0.39, 0.29) is 66.3 Å². The van der Waals surface area contributed by atoms with Gasteiger partial charge in [0.05, 0.1) is 71.5 Å². The molecule has 8 aliphatic heterocycles. The van der Waals surface area contributed by atoms with E-state index in [1.54, 1.807) is 12.1 Å². The van der Waals surface area contributed by atoms with Crippen molar-refractivity contribution in [2.45, 2.75) is 178 Å². The van der Waals surface area contributed by atoms with Crippen LogP contribution in [0.2, 0.25) is 0 Å². The monoisotopic (exact) mass is 1250 g/mol. The molecule has 8 fully saturated rings. The Kier molecular flexibility index (Phi) is 17.3. The number of methoxy groups -OCH3 is 1. The summed E-state index contributed by atoms with van der Waals surface area (Å²) in [6.45, 7) is 20.0. The number of hydrazine groups is 1. The zero-order valence-electron chi connectivity index (χ0n) is 53.0. The third-order valence-electron chi connectivity index (χ3n) is 21.7. The smallest absolute Gasteiger partial charge is 0.324 e. The molecule has 2 aromatic carbocycles. The van der Waals surface area contributed by atoms with Crippen LogP contribution in [-0.2, 0) is 64.1 Å². The van der Waals surface area contributed by atoms with Crippen molar-refractivity contribution in [1.82, 2.24) is 49.2 Å². The summed E-state index contributed by atoms with van der Waals surface area (Å²) >= 11 is 0.0935. The van der Waals surface area contributed by atoms with Crippen LogP contribution < -0.4 is 10.7 Å². The van der Waals surface area contributed by atoms with Crippen molar-refractivity contribution in [3.05, 3.63) is 75.4 Å². The number of carbonyl (C=O) groups is 4. The number of cyclic esters (lactones) is 1. The lowest BCUT2D eigenvalue weighted by Gasteiger charge is -2.46. The fourth-order valence-electron chi connectivity index (χ4n) is 16.6. The van der Waals surface area contributed by atoms with Crippen molar-refractivity contribution in [1.29, 1.82) is 0 Å². The van der Waals surface area contributed by atoms with Crippen molar-refractivity contribution in [3.8, 4) is 11.3 Å². The molecule has 10 aliphatic rings. The number of aliphatic imine (C=N–C) groups is 1. The van der Waals surface area contributed by atoms with E-state index >= 15 is 9.59 Å². The molecule has 2 unspecified atom stereocenters. The molecule has 2 aromatic heterocycles. The number of hydrogen-bond acceptors (Lipinski definition) is 16. The normalized spacial score (nSPS) is 30.8. The first kappa shape index (κ1) is 61.4. The summed E-state index contributed by atoms with van der Waals surface area (Å²) in [6, 6.07) is 12.4. The number of likely N-dealkylation sites (tertiary alicyclic amines) is 2. The maximum absolute atomic E-state index is 15.5. The number of nitrogens with zero attached hydrogens (tertiary/aromatic N) is 9. The standard InChI is InChI=1S/C68H91N11O8S2/c1-7-77-56-21-18-46-31-50(56)52(61(77)51-32-47(35-69-58(51)43(3)85-6)74-28-27-73-29-30-86-37-48(73)36-74)34-67(4,5)41-87-66(83)53-13-10-24-78(72-53)64(81)54(33-57-70-55(46)38-88-57)71-63(80)60(44-11-8-9-12-44)75-25-22-68(39-75)23-26-76(40-68)65(82)62-59(45-16-17-45)79(62)89(84)49-19-14-42(2)15-20-49/h14-15,18-21,31,35,38,43-45,47-48,53-54,59-60,62,72H,7-13,16-17,22-30,32-34,36-37,39-41H2,1-6H3,(H,71,80)/t43-,47?,48-,53-,54-,59+,60-,62+,68-,79?,89+/m0/s1. The van der Waals surface area contributed by atoms with Gasteiger partial charge in [0.1, 0.15) is 12.1 Å².